The molecule has 1 aromatic carbocycles. The fraction of sp³-hybridized carbons (Fsp3) is 0.286. The van der Waals surface area contributed by atoms with Gasteiger partial charge in [0, 0.05) is 30.8 Å². The molecular formula is C21H24ClN5O. The number of amides is 1. The second-order valence-corrected chi connectivity index (χ2v) is 6.86. The Hall–Kier alpha value is -2.70. The molecule has 3 heterocycles. The molecule has 7 heteroatoms. The lowest BCUT2D eigenvalue weighted by atomic mass is 10.1. The van der Waals surface area contributed by atoms with Gasteiger partial charge in [-0.05, 0) is 67.3 Å². The minimum absolute atomic E-state index is 0. The van der Waals surface area contributed by atoms with Crippen LogP contribution in [-0.2, 0) is 6.42 Å². The van der Waals surface area contributed by atoms with Crippen molar-refractivity contribution < 1.29 is 4.79 Å². The van der Waals surface area contributed by atoms with Crippen LogP contribution in [0.25, 0.3) is 0 Å². The highest BCUT2D eigenvalue weighted by Crippen LogP contribution is 2.17. The predicted octanol–water partition coefficient (Wildman–Crippen LogP) is 3.47. The van der Waals surface area contributed by atoms with Crippen LogP contribution in [0.15, 0.2) is 61.1 Å². The van der Waals surface area contributed by atoms with E-state index in [4.69, 9.17) is 0 Å². The molecule has 1 unspecified atom stereocenters. The average molecular weight is 398 g/mol. The molecule has 3 aromatic rings. The Morgan fingerprint density at radius 3 is 2.57 bits per heavy atom. The summed E-state index contributed by atoms with van der Waals surface area (Å²) in [6, 6.07) is 14.0. The van der Waals surface area contributed by atoms with Crippen LogP contribution < -0.4 is 10.6 Å². The minimum Gasteiger partial charge on any atom is -0.321 e. The molecule has 1 fully saturated rings. The molecule has 0 radical (unpaired) electrons. The monoisotopic (exact) mass is 397 g/mol. The van der Waals surface area contributed by atoms with Crippen molar-refractivity contribution in [3.8, 4) is 0 Å². The van der Waals surface area contributed by atoms with Gasteiger partial charge in [-0.25, -0.2) is 0 Å². The van der Waals surface area contributed by atoms with Crippen LogP contribution in [0, 0.1) is 0 Å². The van der Waals surface area contributed by atoms with Gasteiger partial charge in [0.25, 0.3) is 5.91 Å². The molecule has 4 rings (SSSR count). The van der Waals surface area contributed by atoms with Crippen LogP contribution in [0.3, 0.4) is 0 Å². The quantitative estimate of drug-likeness (QED) is 0.691. The highest BCUT2D eigenvalue weighted by Gasteiger charge is 2.17. The van der Waals surface area contributed by atoms with E-state index in [-0.39, 0.29) is 18.3 Å². The molecule has 1 aliphatic heterocycles. The maximum Gasteiger partial charge on any atom is 0.276 e. The van der Waals surface area contributed by atoms with Gasteiger partial charge >= 0.3 is 0 Å². The third-order valence-corrected chi connectivity index (χ3v) is 4.86. The normalized spacial score (nSPS) is 16.2. The Bertz CT molecular complexity index is 889. The molecule has 1 aliphatic rings. The first kappa shape index (κ1) is 20.0. The lowest BCUT2D eigenvalue weighted by Gasteiger charge is -2.22. The minimum atomic E-state index is -0.181. The smallest absolute Gasteiger partial charge is 0.276 e. The number of nitrogens with zero attached hydrogens (tertiary/aromatic N) is 3. The third-order valence-electron chi connectivity index (χ3n) is 4.86. The summed E-state index contributed by atoms with van der Waals surface area (Å²) in [6.45, 7) is 1.96. The molecule has 0 saturated carbocycles. The first-order chi connectivity index (χ1) is 13.3. The fourth-order valence-electron chi connectivity index (χ4n) is 3.36. The molecule has 0 aliphatic carbocycles. The summed E-state index contributed by atoms with van der Waals surface area (Å²) in [5.41, 5.74) is 3.62. The van der Waals surface area contributed by atoms with Gasteiger partial charge in [-0.3, -0.25) is 14.5 Å². The summed E-state index contributed by atoms with van der Waals surface area (Å²) in [5, 5.41) is 10.8. The summed E-state index contributed by atoms with van der Waals surface area (Å²) in [4.78, 5) is 16.5. The number of rotatable bonds is 5. The first-order valence-electron chi connectivity index (χ1n) is 9.33. The molecular weight excluding hydrogens is 374 g/mol. The summed E-state index contributed by atoms with van der Waals surface area (Å²) < 4.78 is 1.90. The third kappa shape index (κ3) is 4.97. The molecule has 2 N–H and O–H groups in total. The summed E-state index contributed by atoms with van der Waals surface area (Å²) in [7, 11) is 0. The standard InChI is InChI=1S/C21H23N5O.ClH/c27-21(20-9-13-26(25-20)19-2-1-10-23-15-19)24-18-5-3-16(4-6-18)14-17-7-11-22-12-8-17;/h3-9,11-13,19,23H,1-2,10,14-15H2,(H,24,27);1H. The molecule has 6 nitrogen and oxygen atoms in total. The van der Waals surface area contributed by atoms with Gasteiger partial charge in [0.1, 0.15) is 0 Å². The van der Waals surface area contributed by atoms with Crippen LogP contribution in [0.2, 0.25) is 0 Å². The van der Waals surface area contributed by atoms with Gasteiger partial charge in [-0.1, -0.05) is 12.1 Å². The van der Waals surface area contributed by atoms with Crippen LogP contribution in [0.1, 0.15) is 40.5 Å². The first-order valence-corrected chi connectivity index (χ1v) is 9.33. The van der Waals surface area contributed by atoms with E-state index < -0.39 is 0 Å². The highest BCUT2D eigenvalue weighted by molar-refractivity contribution is 6.02. The van der Waals surface area contributed by atoms with Crippen molar-refractivity contribution in [3.05, 3.63) is 77.9 Å². The average Bonchev–Trinajstić information content (AvgIpc) is 3.21. The van der Waals surface area contributed by atoms with E-state index in [1.165, 1.54) is 11.1 Å². The number of carbonyl (C=O) groups is 1. The zero-order chi connectivity index (χ0) is 18.5. The molecule has 146 valence electrons. The van der Waals surface area contributed by atoms with E-state index in [1.54, 1.807) is 18.5 Å². The number of piperidine rings is 1. The van der Waals surface area contributed by atoms with Crippen molar-refractivity contribution >= 4 is 24.0 Å². The Kier molecular flexibility index (Phi) is 6.79. The van der Waals surface area contributed by atoms with Crippen molar-refractivity contribution in [3.63, 3.8) is 0 Å². The van der Waals surface area contributed by atoms with E-state index in [0.29, 0.717) is 11.7 Å². The van der Waals surface area contributed by atoms with Crippen LogP contribution in [0.4, 0.5) is 5.69 Å². The number of benzene rings is 1. The zero-order valence-corrected chi connectivity index (χ0v) is 16.4. The van der Waals surface area contributed by atoms with Gasteiger partial charge in [-0.15, -0.1) is 12.4 Å². The maximum atomic E-state index is 12.5. The Morgan fingerprint density at radius 2 is 1.86 bits per heavy atom. The molecule has 1 amide bonds. The van der Waals surface area contributed by atoms with Gasteiger partial charge < -0.3 is 10.6 Å². The summed E-state index contributed by atoms with van der Waals surface area (Å²) in [5.74, 6) is -0.181. The Labute approximate surface area is 170 Å². The second-order valence-electron chi connectivity index (χ2n) is 6.86. The predicted molar refractivity (Wildman–Crippen MR) is 112 cm³/mol. The molecule has 1 atom stereocenters. The van der Waals surface area contributed by atoms with Crippen molar-refractivity contribution in [1.29, 1.82) is 0 Å². The molecule has 2 aromatic heterocycles. The summed E-state index contributed by atoms with van der Waals surface area (Å²) in [6.07, 6.45) is 8.56. The molecule has 1 saturated heterocycles. The molecule has 0 bridgehead atoms. The topological polar surface area (TPSA) is 71.8 Å². The number of pyridine rings is 1. The van der Waals surface area contributed by atoms with E-state index in [9.17, 15) is 4.79 Å². The Balaban J connectivity index is 0.00000225. The maximum absolute atomic E-state index is 12.5. The lowest BCUT2D eigenvalue weighted by molar-refractivity contribution is 0.102. The van der Waals surface area contributed by atoms with E-state index >= 15 is 0 Å². The summed E-state index contributed by atoms with van der Waals surface area (Å²) >= 11 is 0. The Morgan fingerprint density at radius 1 is 1.11 bits per heavy atom. The lowest BCUT2D eigenvalue weighted by Crippen LogP contribution is -2.32. The van der Waals surface area contributed by atoms with Crippen molar-refractivity contribution in [2.75, 3.05) is 18.4 Å². The van der Waals surface area contributed by atoms with Gasteiger partial charge in [-0.2, -0.15) is 5.10 Å². The van der Waals surface area contributed by atoms with Crippen LogP contribution >= 0.6 is 12.4 Å². The van der Waals surface area contributed by atoms with E-state index in [2.05, 4.69) is 20.7 Å². The second kappa shape index (κ2) is 9.48. The number of anilines is 1. The number of hydrogen-bond acceptors (Lipinski definition) is 4. The molecule has 28 heavy (non-hydrogen) atoms. The van der Waals surface area contributed by atoms with E-state index in [0.717, 1.165) is 38.0 Å². The number of halogens is 1. The zero-order valence-electron chi connectivity index (χ0n) is 15.5. The van der Waals surface area contributed by atoms with E-state index in [1.807, 2.05) is 47.3 Å². The van der Waals surface area contributed by atoms with Crippen molar-refractivity contribution in [1.82, 2.24) is 20.1 Å². The van der Waals surface area contributed by atoms with Crippen LogP contribution in [-0.4, -0.2) is 33.8 Å². The SMILES string of the molecule is Cl.O=C(Nc1ccc(Cc2ccncc2)cc1)c1ccn(C2CCCNC2)n1. The number of hydrogen-bond donors (Lipinski definition) is 2. The van der Waals surface area contributed by atoms with Gasteiger partial charge in [0.2, 0.25) is 0 Å². The largest absolute Gasteiger partial charge is 0.321 e. The van der Waals surface area contributed by atoms with Crippen molar-refractivity contribution in [2.24, 2.45) is 0 Å². The van der Waals surface area contributed by atoms with Crippen LogP contribution in [0.5, 0.6) is 0 Å². The number of nitrogens with one attached hydrogen (secondary N) is 2. The molecule has 0 spiro atoms. The van der Waals surface area contributed by atoms with Crippen molar-refractivity contribution in [2.45, 2.75) is 25.3 Å². The van der Waals surface area contributed by atoms with Gasteiger partial charge in [0.05, 0.1) is 6.04 Å². The van der Waals surface area contributed by atoms with Gasteiger partial charge in [0.15, 0.2) is 5.69 Å². The fourth-order valence-corrected chi connectivity index (χ4v) is 3.36. The highest BCUT2D eigenvalue weighted by atomic mass is 35.5. The number of carbonyl (C=O) groups excluding carboxylic acids is 1. The number of aromatic nitrogens is 3.